The van der Waals surface area contributed by atoms with E-state index in [1.165, 1.54) is 7.11 Å². The van der Waals surface area contributed by atoms with Crippen molar-refractivity contribution in [1.29, 1.82) is 0 Å². The number of nitrogens with one attached hydrogen (secondary N) is 2. The summed E-state index contributed by atoms with van der Waals surface area (Å²) in [4.78, 5) is 24.2. The highest BCUT2D eigenvalue weighted by molar-refractivity contribution is 6.31. The molecule has 0 bridgehead atoms. The molecule has 2 aromatic rings. The number of halogens is 1. The van der Waals surface area contributed by atoms with Crippen LogP contribution in [-0.2, 0) is 9.59 Å². The number of hydrogen-bond acceptors (Lipinski definition) is 4. The second kappa shape index (κ2) is 9.22. The predicted octanol–water partition coefficient (Wildman–Crippen LogP) is 2.80. The quantitative estimate of drug-likeness (QED) is 0.693. The summed E-state index contributed by atoms with van der Waals surface area (Å²) in [7, 11) is 1.50. The number of benzene rings is 2. The molecule has 2 aromatic carbocycles. The van der Waals surface area contributed by atoms with E-state index in [0.717, 1.165) is 11.1 Å². The van der Waals surface area contributed by atoms with Gasteiger partial charge in [0, 0.05) is 24.1 Å². The van der Waals surface area contributed by atoms with Crippen molar-refractivity contribution in [1.82, 2.24) is 5.32 Å². The van der Waals surface area contributed by atoms with E-state index in [-0.39, 0.29) is 24.8 Å². The lowest BCUT2D eigenvalue weighted by atomic mass is 10.1. The first kappa shape index (κ1) is 19.8. The zero-order chi connectivity index (χ0) is 19.1. The molecule has 6 nitrogen and oxygen atoms in total. The molecule has 7 heteroatoms. The summed E-state index contributed by atoms with van der Waals surface area (Å²) in [6, 6.07) is 11.7. The Morgan fingerprint density at radius 2 is 1.92 bits per heavy atom. The Morgan fingerprint density at radius 3 is 2.58 bits per heavy atom. The van der Waals surface area contributed by atoms with Crippen LogP contribution in [0, 0.1) is 6.92 Å². The number of aryl methyl sites for hydroxylation is 1. The van der Waals surface area contributed by atoms with Crippen molar-refractivity contribution in [3.05, 3.63) is 58.6 Å². The van der Waals surface area contributed by atoms with Crippen molar-refractivity contribution < 1.29 is 14.3 Å². The number of amides is 2. The smallest absolute Gasteiger partial charge is 0.241 e. The van der Waals surface area contributed by atoms with Gasteiger partial charge >= 0.3 is 0 Å². The molecule has 1 unspecified atom stereocenters. The fourth-order valence-corrected chi connectivity index (χ4v) is 2.52. The molecule has 2 amide bonds. The summed E-state index contributed by atoms with van der Waals surface area (Å²) in [6.07, 6.45) is 0.109. The van der Waals surface area contributed by atoms with Crippen molar-refractivity contribution in [2.24, 2.45) is 5.73 Å². The number of anilines is 1. The lowest BCUT2D eigenvalue weighted by Crippen LogP contribution is -2.35. The van der Waals surface area contributed by atoms with Crippen LogP contribution in [0.3, 0.4) is 0 Å². The van der Waals surface area contributed by atoms with E-state index in [9.17, 15) is 9.59 Å². The van der Waals surface area contributed by atoms with Gasteiger partial charge in [-0.3, -0.25) is 9.59 Å². The lowest BCUT2D eigenvalue weighted by Gasteiger charge is -2.14. The molecule has 0 aliphatic rings. The number of rotatable bonds is 7. The number of hydrogen-bond donors (Lipinski definition) is 3. The van der Waals surface area contributed by atoms with Crippen LogP contribution in [0.15, 0.2) is 42.5 Å². The van der Waals surface area contributed by atoms with E-state index < -0.39 is 6.04 Å². The van der Waals surface area contributed by atoms with Gasteiger partial charge in [-0.1, -0.05) is 41.9 Å². The molecule has 0 saturated heterocycles. The van der Waals surface area contributed by atoms with E-state index in [0.29, 0.717) is 16.5 Å². The van der Waals surface area contributed by atoms with E-state index in [1.54, 1.807) is 24.3 Å². The number of nitrogens with two attached hydrogens (primary N) is 1. The van der Waals surface area contributed by atoms with Crippen LogP contribution in [0.2, 0.25) is 5.02 Å². The van der Waals surface area contributed by atoms with Gasteiger partial charge in [-0.05, 0) is 24.1 Å². The molecule has 4 N–H and O–H groups in total. The van der Waals surface area contributed by atoms with Crippen LogP contribution in [-0.4, -0.2) is 25.5 Å². The third-order valence-electron chi connectivity index (χ3n) is 3.85. The van der Waals surface area contributed by atoms with Gasteiger partial charge in [-0.15, -0.1) is 0 Å². The number of carbonyl (C=O) groups is 2. The van der Waals surface area contributed by atoms with Crippen molar-refractivity contribution >= 4 is 29.1 Å². The van der Waals surface area contributed by atoms with Gasteiger partial charge in [-0.25, -0.2) is 0 Å². The zero-order valence-electron chi connectivity index (χ0n) is 14.7. The van der Waals surface area contributed by atoms with Crippen LogP contribution in [0.1, 0.15) is 23.6 Å². The molecule has 1 atom stereocenters. The molecule has 0 heterocycles. The topological polar surface area (TPSA) is 93.5 Å². The highest BCUT2D eigenvalue weighted by Crippen LogP contribution is 2.30. The molecule has 0 aromatic heterocycles. The maximum atomic E-state index is 12.1. The molecule has 0 saturated carbocycles. The third-order valence-corrected chi connectivity index (χ3v) is 4.25. The second-order valence-corrected chi connectivity index (χ2v) is 6.19. The van der Waals surface area contributed by atoms with Crippen LogP contribution in [0.5, 0.6) is 5.75 Å². The summed E-state index contributed by atoms with van der Waals surface area (Å²) in [5.41, 5.74) is 7.98. The van der Waals surface area contributed by atoms with Crippen LogP contribution in [0.4, 0.5) is 5.69 Å². The molecule has 2 rings (SSSR count). The second-order valence-electron chi connectivity index (χ2n) is 5.78. The average molecular weight is 376 g/mol. The summed E-state index contributed by atoms with van der Waals surface area (Å²) in [6.45, 7) is 2.02. The van der Waals surface area contributed by atoms with Crippen molar-refractivity contribution in [3.63, 3.8) is 0 Å². The summed E-state index contributed by atoms with van der Waals surface area (Å²) in [5.74, 6) is -0.105. The Hall–Kier alpha value is -2.57. The van der Waals surface area contributed by atoms with Gasteiger partial charge in [0.1, 0.15) is 11.8 Å². The fraction of sp³-hybridized carbons (Fsp3) is 0.263. The average Bonchev–Trinajstić information content (AvgIpc) is 2.64. The molecule has 0 radical (unpaired) electrons. The Balaban J connectivity index is 1.86. The first-order valence-corrected chi connectivity index (χ1v) is 8.52. The fourth-order valence-electron chi connectivity index (χ4n) is 2.36. The van der Waals surface area contributed by atoms with Crippen LogP contribution >= 0.6 is 11.6 Å². The number of methoxy groups -OCH3 is 1. The highest BCUT2D eigenvalue weighted by atomic mass is 35.5. The minimum absolute atomic E-state index is 0.109. The maximum absolute atomic E-state index is 12.1. The minimum atomic E-state index is -0.765. The maximum Gasteiger partial charge on any atom is 0.241 e. The molecule has 0 aliphatic carbocycles. The van der Waals surface area contributed by atoms with Crippen LogP contribution < -0.4 is 21.1 Å². The first-order valence-electron chi connectivity index (χ1n) is 8.14. The molecule has 138 valence electrons. The van der Waals surface area contributed by atoms with Crippen molar-refractivity contribution in [2.75, 3.05) is 19.0 Å². The SMILES string of the molecule is COc1cc(Cl)c(C)cc1NC(=O)CCNC(=O)C(N)c1ccccc1. The Labute approximate surface area is 157 Å². The van der Waals surface area contributed by atoms with Gasteiger partial charge in [0.25, 0.3) is 0 Å². The first-order chi connectivity index (χ1) is 12.4. The monoisotopic (exact) mass is 375 g/mol. The van der Waals surface area contributed by atoms with E-state index in [1.807, 2.05) is 25.1 Å². The standard InChI is InChI=1S/C19H22ClN3O3/c1-12-10-15(16(26-2)11-14(12)20)23-17(24)8-9-22-19(25)18(21)13-6-4-3-5-7-13/h3-7,10-11,18H,8-9,21H2,1-2H3,(H,22,25)(H,23,24). The third kappa shape index (κ3) is 5.21. The van der Waals surface area contributed by atoms with Gasteiger partial charge in [0.15, 0.2) is 0 Å². The van der Waals surface area contributed by atoms with Crippen LogP contribution in [0.25, 0.3) is 0 Å². The molecule has 0 aliphatic heterocycles. The molecule has 26 heavy (non-hydrogen) atoms. The molecule has 0 spiro atoms. The summed E-state index contributed by atoms with van der Waals surface area (Å²) >= 11 is 6.05. The highest BCUT2D eigenvalue weighted by Gasteiger charge is 2.15. The predicted molar refractivity (Wildman–Crippen MR) is 102 cm³/mol. The Bertz CT molecular complexity index is 781. The van der Waals surface area contributed by atoms with Gasteiger partial charge < -0.3 is 21.1 Å². The van der Waals surface area contributed by atoms with Crippen molar-refractivity contribution in [2.45, 2.75) is 19.4 Å². The lowest BCUT2D eigenvalue weighted by molar-refractivity contribution is -0.122. The number of ether oxygens (including phenoxy) is 1. The summed E-state index contributed by atoms with van der Waals surface area (Å²) < 4.78 is 5.22. The van der Waals surface area contributed by atoms with Gasteiger partial charge in [-0.2, -0.15) is 0 Å². The molecule has 0 fully saturated rings. The van der Waals surface area contributed by atoms with E-state index in [4.69, 9.17) is 22.1 Å². The largest absolute Gasteiger partial charge is 0.495 e. The van der Waals surface area contributed by atoms with Gasteiger partial charge in [0.2, 0.25) is 11.8 Å². The van der Waals surface area contributed by atoms with E-state index >= 15 is 0 Å². The minimum Gasteiger partial charge on any atom is -0.495 e. The molecular formula is C19H22ClN3O3. The normalized spacial score (nSPS) is 11.5. The summed E-state index contributed by atoms with van der Waals surface area (Å²) in [5, 5.41) is 5.99. The molecular weight excluding hydrogens is 354 g/mol. The van der Waals surface area contributed by atoms with E-state index in [2.05, 4.69) is 10.6 Å². The zero-order valence-corrected chi connectivity index (χ0v) is 15.5. The Morgan fingerprint density at radius 1 is 1.23 bits per heavy atom. The number of carbonyl (C=O) groups excluding carboxylic acids is 2. The van der Waals surface area contributed by atoms with Gasteiger partial charge in [0.05, 0.1) is 12.8 Å². The Kier molecular flexibility index (Phi) is 7.00. The van der Waals surface area contributed by atoms with Crippen molar-refractivity contribution in [3.8, 4) is 5.75 Å².